The van der Waals surface area contributed by atoms with Crippen molar-refractivity contribution >= 4 is 33.0 Å². The smallest absolute Gasteiger partial charge is 0.273 e. The summed E-state index contributed by atoms with van der Waals surface area (Å²) in [6, 6.07) is 9.32. The maximum absolute atomic E-state index is 12.3. The van der Waals surface area contributed by atoms with Crippen molar-refractivity contribution in [3.63, 3.8) is 0 Å². The summed E-state index contributed by atoms with van der Waals surface area (Å²) in [7, 11) is -2.08. The van der Waals surface area contributed by atoms with Crippen LogP contribution in [0.1, 0.15) is 10.4 Å². The molecule has 1 heterocycles. The second kappa shape index (κ2) is 5.02. The number of thiophene rings is 1. The van der Waals surface area contributed by atoms with Crippen LogP contribution in [0.3, 0.4) is 0 Å². The van der Waals surface area contributed by atoms with Gasteiger partial charge in [0.05, 0.1) is 5.69 Å². The van der Waals surface area contributed by atoms with Gasteiger partial charge in [-0.05, 0) is 35.7 Å². The summed E-state index contributed by atoms with van der Waals surface area (Å²) in [5.74, 6) is -0.546. The van der Waals surface area contributed by atoms with Gasteiger partial charge >= 0.3 is 0 Å². The number of carbonyl (C=O) groups excluding carboxylic acids is 1. The molecule has 1 amide bonds. The lowest BCUT2D eigenvalue weighted by Gasteiger charge is -2.18. The molecule has 19 heavy (non-hydrogen) atoms. The molecule has 0 spiro atoms. The first kappa shape index (κ1) is 13.6. The van der Waals surface area contributed by atoms with Gasteiger partial charge in [-0.2, -0.15) is 0 Å². The molecule has 0 aliphatic rings. The van der Waals surface area contributed by atoms with Gasteiger partial charge in [0.2, 0.25) is 5.91 Å². The quantitative estimate of drug-likeness (QED) is 0.932. The zero-order chi connectivity index (χ0) is 14.0. The Labute approximate surface area is 115 Å². The molecule has 0 atom stereocenters. The molecule has 0 aliphatic carbocycles. The molecule has 0 fully saturated rings. The van der Waals surface area contributed by atoms with E-state index in [0.717, 1.165) is 11.3 Å². The summed E-state index contributed by atoms with van der Waals surface area (Å²) >= 11 is 1.16. The fourth-order valence-electron chi connectivity index (χ4n) is 1.52. The van der Waals surface area contributed by atoms with E-state index in [4.69, 9.17) is 5.73 Å². The summed E-state index contributed by atoms with van der Waals surface area (Å²) < 4.78 is 26.0. The van der Waals surface area contributed by atoms with E-state index in [1.807, 2.05) is 0 Å². The van der Waals surface area contributed by atoms with Gasteiger partial charge in [0.15, 0.2) is 0 Å². The molecule has 100 valence electrons. The predicted molar refractivity (Wildman–Crippen MR) is 74.9 cm³/mol. The molecular formula is C12H12N2O3S2. The van der Waals surface area contributed by atoms with Gasteiger partial charge in [-0.3, -0.25) is 9.10 Å². The molecule has 0 radical (unpaired) electrons. The van der Waals surface area contributed by atoms with Crippen molar-refractivity contribution in [1.29, 1.82) is 0 Å². The Bertz CT molecular complexity index is 676. The van der Waals surface area contributed by atoms with Gasteiger partial charge in [0.1, 0.15) is 4.21 Å². The lowest BCUT2D eigenvalue weighted by atomic mass is 10.2. The minimum atomic E-state index is -3.55. The molecule has 1 aromatic heterocycles. The highest BCUT2D eigenvalue weighted by Crippen LogP contribution is 2.25. The first-order valence-electron chi connectivity index (χ1n) is 5.35. The van der Waals surface area contributed by atoms with Crippen molar-refractivity contribution in [1.82, 2.24) is 0 Å². The van der Waals surface area contributed by atoms with Crippen molar-refractivity contribution in [3.8, 4) is 0 Å². The van der Waals surface area contributed by atoms with E-state index in [0.29, 0.717) is 11.3 Å². The van der Waals surface area contributed by atoms with Crippen molar-refractivity contribution in [3.05, 3.63) is 47.3 Å². The van der Waals surface area contributed by atoms with E-state index >= 15 is 0 Å². The number of hydrogen-bond acceptors (Lipinski definition) is 4. The number of hydrogen-bond donors (Lipinski definition) is 1. The standard InChI is InChI=1S/C12H12N2O3S2/c1-14(19(16,17)11-3-2-8-18-11)10-6-4-9(5-7-10)12(13)15/h2-8H,1H3,(H2,13,15). The monoisotopic (exact) mass is 296 g/mol. The Morgan fingerprint density at radius 3 is 2.32 bits per heavy atom. The predicted octanol–water partition coefficient (Wildman–Crippen LogP) is 1.67. The maximum Gasteiger partial charge on any atom is 0.273 e. The molecule has 2 rings (SSSR count). The summed E-state index contributed by atoms with van der Waals surface area (Å²) in [5.41, 5.74) is 5.94. The van der Waals surface area contributed by atoms with Crippen LogP contribution in [0.15, 0.2) is 46.0 Å². The van der Waals surface area contributed by atoms with E-state index in [1.54, 1.807) is 29.6 Å². The van der Waals surface area contributed by atoms with Gasteiger partial charge in [-0.1, -0.05) is 6.07 Å². The average molecular weight is 296 g/mol. The minimum Gasteiger partial charge on any atom is -0.366 e. The molecular weight excluding hydrogens is 284 g/mol. The van der Waals surface area contributed by atoms with Crippen LogP contribution in [-0.4, -0.2) is 21.4 Å². The lowest BCUT2D eigenvalue weighted by molar-refractivity contribution is 0.100. The minimum absolute atomic E-state index is 0.272. The number of nitrogens with zero attached hydrogens (tertiary/aromatic N) is 1. The number of primary amides is 1. The highest BCUT2D eigenvalue weighted by atomic mass is 32.2. The average Bonchev–Trinajstić information content (AvgIpc) is 2.92. The summed E-state index contributed by atoms with van der Waals surface area (Å²) in [6.07, 6.45) is 0. The lowest BCUT2D eigenvalue weighted by Crippen LogP contribution is -2.25. The van der Waals surface area contributed by atoms with Gasteiger partial charge in [0, 0.05) is 12.6 Å². The number of rotatable bonds is 4. The molecule has 7 heteroatoms. The van der Waals surface area contributed by atoms with Crippen LogP contribution in [0.25, 0.3) is 0 Å². The Balaban J connectivity index is 2.34. The highest BCUT2D eigenvalue weighted by molar-refractivity contribution is 7.94. The molecule has 1 aromatic carbocycles. The summed E-state index contributed by atoms with van der Waals surface area (Å²) in [4.78, 5) is 11.0. The molecule has 0 bridgehead atoms. The second-order valence-corrected chi connectivity index (χ2v) is 6.96. The molecule has 0 aliphatic heterocycles. The Hall–Kier alpha value is -1.86. The third-order valence-corrected chi connectivity index (χ3v) is 5.78. The van der Waals surface area contributed by atoms with E-state index in [9.17, 15) is 13.2 Å². The number of sulfonamides is 1. The van der Waals surface area contributed by atoms with Crippen molar-refractivity contribution in [2.45, 2.75) is 4.21 Å². The molecule has 2 N–H and O–H groups in total. The SMILES string of the molecule is CN(c1ccc(C(N)=O)cc1)S(=O)(=O)c1cccs1. The van der Waals surface area contributed by atoms with Crippen LogP contribution in [0, 0.1) is 0 Å². The molecule has 5 nitrogen and oxygen atoms in total. The Morgan fingerprint density at radius 1 is 1.21 bits per heavy atom. The van der Waals surface area contributed by atoms with E-state index in [1.165, 1.54) is 23.5 Å². The fourth-order valence-corrected chi connectivity index (χ4v) is 3.88. The van der Waals surface area contributed by atoms with Crippen LogP contribution in [0.4, 0.5) is 5.69 Å². The number of benzene rings is 1. The largest absolute Gasteiger partial charge is 0.366 e. The van der Waals surface area contributed by atoms with Gasteiger partial charge < -0.3 is 5.73 Å². The van der Waals surface area contributed by atoms with Crippen LogP contribution >= 0.6 is 11.3 Å². The Morgan fingerprint density at radius 2 is 1.84 bits per heavy atom. The second-order valence-electron chi connectivity index (χ2n) is 3.82. The number of nitrogens with two attached hydrogens (primary N) is 1. The number of anilines is 1. The van der Waals surface area contributed by atoms with Crippen LogP contribution in [0.2, 0.25) is 0 Å². The van der Waals surface area contributed by atoms with Crippen LogP contribution in [0.5, 0.6) is 0 Å². The normalized spacial score (nSPS) is 11.2. The van der Waals surface area contributed by atoms with Gasteiger partial charge in [-0.25, -0.2) is 8.42 Å². The van der Waals surface area contributed by atoms with E-state index in [2.05, 4.69) is 0 Å². The third kappa shape index (κ3) is 2.61. The first-order valence-corrected chi connectivity index (χ1v) is 7.67. The molecule has 0 unspecified atom stereocenters. The van der Waals surface area contributed by atoms with Crippen LogP contribution < -0.4 is 10.0 Å². The fraction of sp³-hybridized carbons (Fsp3) is 0.0833. The van der Waals surface area contributed by atoms with Crippen molar-refractivity contribution in [2.75, 3.05) is 11.4 Å². The summed E-state index contributed by atoms with van der Waals surface area (Å²) in [5, 5.41) is 1.71. The topological polar surface area (TPSA) is 80.5 Å². The zero-order valence-electron chi connectivity index (χ0n) is 10.1. The van der Waals surface area contributed by atoms with Gasteiger partial charge in [0.25, 0.3) is 10.0 Å². The third-order valence-electron chi connectivity index (χ3n) is 2.63. The molecule has 0 saturated heterocycles. The maximum atomic E-state index is 12.3. The summed E-state index contributed by atoms with van der Waals surface area (Å²) in [6.45, 7) is 0. The first-order chi connectivity index (χ1) is 8.93. The van der Waals surface area contributed by atoms with Crippen LogP contribution in [-0.2, 0) is 10.0 Å². The van der Waals surface area contributed by atoms with Crippen molar-refractivity contribution < 1.29 is 13.2 Å². The van der Waals surface area contributed by atoms with Crippen molar-refractivity contribution in [2.24, 2.45) is 5.73 Å². The van der Waals surface area contributed by atoms with E-state index < -0.39 is 15.9 Å². The highest BCUT2D eigenvalue weighted by Gasteiger charge is 2.22. The van der Waals surface area contributed by atoms with Gasteiger partial charge in [-0.15, -0.1) is 11.3 Å². The molecule has 0 saturated carbocycles. The molecule has 2 aromatic rings. The zero-order valence-corrected chi connectivity index (χ0v) is 11.7. The number of carbonyl (C=O) groups is 1. The number of amides is 1. The Kier molecular flexibility index (Phi) is 3.59. The van der Waals surface area contributed by atoms with E-state index in [-0.39, 0.29) is 4.21 Å².